The van der Waals surface area contributed by atoms with E-state index in [4.69, 9.17) is 4.74 Å². The fraction of sp³-hybridized carbons (Fsp3) is 0.240. The Morgan fingerprint density at radius 2 is 1.66 bits per heavy atom. The second-order valence-electron chi connectivity index (χ2n) is 7.27. The zero-order valence-electron chi connectivity index (χ0n) is 16.4. The van der Waals surface area contributed by atoms with Gasteiger partial charge in [0.25, 0.3) is 5.91 Å². The summed E-state index contributed by atoms with van der Waals surface area (Å²) in [6.07, 6.45) is 4.75. The maximum Gasteiger partial charge on any atom is 0.262 e. The molecular formula is C25H25NO2S. The zero-order chi connectivity index (χ0) is 19.9. The van der Waals surface area contributed by atoms with Gasteiger partial charge in [0, 0.05) is 16.3 Å². The number of carbonyl (C=O) groups excluding carboxylic acids is 1. The van der Waals surface area contributed by atoms with Crippen LogP contribution in [0.3, 0.4) is 0 Å². The predicted molar refractivity (Wildman–Crippen MR) is 120 cm³/mol. The zero-order valence-corrected chi connectivity index (χ0v) is 17.2. The Kier molecular flexibility index (Phi) is 6.52. The SMILES string of the molecule is O=C(COc1ccc2c(c1)CCCC2)Nc1ccc(CSc2ccccc2)cc1. The largest absolute Gasteiger partial charge is 0.484 e. The summed E-state index contributed by atoms with van der Waals surface area (Å²) in [6.45, 7) is 0.0183. The standard InChI is InChI=1S/C25H25NO2S/c27-25(17-28-23-15-12-20-6-4-5-7-21(20)16-23)26-22-13-10-19(11-14-22)18-29-24-8-2-1-3-9-24/h1-3,8-16H,4-7,17-18H2,(H,26,27). The van der Waals surface area contributed by atoms with Crippen molar-refractivity contribution in [2.45, 2.75) is 36.3 Å². The van der Waals surface area contributed by atoms with Crippen molar-refractivity contribution in [2.24, 2.45) is 0 Å². The third-order valence-corrected chi connectivity index (χ3v) is 6.16. The summed E-state index contributed by atoms with van der Waals surface area (Å²) in [6, 6.07) is 24.5. The summed E-state index contributed by atoms with van der Waals surface area (Å²) < 4.78 is 5.70. The number of carbonyl (C=O) groups is 1. The fourth-order valence-corrected chi connectivity index (χ4v) is 4.39. The van der Waals surface area contributed by atoms with E-state index in [1.54, 1.807) is 11.8 Å². The van der Waals surface area contributed by atoms with Gasteiger partial charge < -0.3 is 10.1 Å². The summed E-state index contributed by atoms with van der Waals surface area (Å²) in [5.74, 6) is 1.53. The van der Waals surface area contributed by atoms with E-state index < -0.39 is 0 Å². The second-order valence-corrected chi connectivity index (χ2v) is 8.32. The van der Waals surface area contributed by atoms with Gasteiger partial charge in [-0.3, -0.25) is 4.79 Å². The van der Waals surface area contributed by atoms with Crippen LogP contribution in [0.4, 0.5) is 5.69 Å². The Labute approximate surface area is 176 Å². The molecule has 0 bridgehead atoms. The summed E-state index contributed by atoms with van der Waals surface area (Å²) in [5.41, 5.74) is 4.79. The van der Waals surface area contributed by atoms with Gasteiger partial charge in [-0.25, -0.2) is 0 Å². The van der Waals surface area contributed by atoms with Gasteiger partial charge in [-0.2, -0.15) is 0 Å². The Hall–Kier alpha value is -2.72. The Morgan fingerprint density at radius 1 is 0.897 bits per heavy atom. The lowest BCUT2D eigenvalue weighted by atomic mass is 9.92. The minimum Gasteiger partial charge on any atom is -0.484 e. The first-order valence-electron chi connectivity index (χ1n) is 10.1. The van der Waals surface area contributed by atoms with Crippen molar-refractivity contribution in [3.05, 3.63) is 89.5 Å². The third kappa shape index (κ3) is 5.64. The quantitative estimate of drug-likeness (QED) is 0.501. The number of hydrogen-bond acceptors (Lipinski definition) is 3. The molecule has 0 saturated carbocycles. The summed E-state index contributed by atoms with van der Waals surface area (Å²) in [5, 5.41) is 2.90. The highest BCUT2D eigenvalue weighted by Gasteiger charge is 2.11. The normalized spacial score (nSPS) is 12.8. The highest BCUT2D eigenvalue weighted by atomic mass is 32.2. The molecule has 0 fully saturated rings. The Morgan fingerprint density at radius 3 is 2.45 bits per heavy atom. The molecule has 0 unspecified atom stereocenters. The second kappa shape index (κ2) is 9.66. The molecule has 0 aromatic heterocycles. The number of aryl methyl sites for hydroxylation is 2. The monoisotopic (exact) mass is 403 g/mol. The van der Waals surface area contributed by atoms with Crippen LogP contribution in [0.15, 0.2) is 77.7 Å². The molecule has 148 valence electrons. The maximum atomic E-state index is 12.2. The van der Waals surface area contributed by atoms with Crippen LogP contribution < -0.4 is 10.1 Å². The first kappa shape index (κ1) is 19.6. The summed E-state index contributed by atoms with van der Waals surface area (Å²) >= 11 is 1.80. The van der Waals surface area contributed by atoms with Crippen molar-refractivity contribution < 1.29 is 9.53 Å². The van der Waals surface area contributed by atoms with Crippen molar-refractivity contribution in [3.8, 4) is 5.75 Å². The van der Waals surface area contributed by atoms with Gasteiger partial charge in [0.1, 0.15) is 5.75 Å². The molecule has 29 heavy (non-hydrogen) atoms. The molecular weight excluding hydrogens is 378 g/mol. The van der Waals surface area contributed by atoms with Gasteiger partial charge in [0.05, 0.1) is 0 Å². The first-order valence-corrected chi connectivity index (χ1v) is 11.1. The van der Waals surface area contributed by atoms with Crippen LogP contribution in [-0.2, 0) is 23.4 Å². The van der Waals surface area contributed by atoms with Gasteiger partial charge in [-0.05, 0) is 78.8 Å². The first-order chi connectivity index (χ1) is 14.3. The van der Waals surface area contributed by atoms with Gasteiger partial charge in [0.15, 0.2) is 6.61 Å². The van der Waals surface area contributed by atoms with Crippen LogP contribution in [0.2, 0.25) is 0 Å². The number of benzene rings is 3. The fourth-order valence-electron chi connectivity index (χ4n) is 3.51. The van der Waals surface area contributed by atoms with Gasteiger partial charge in [-0.1, -0.05) is 36.4 Å². The topological polar surface area (TPSA) is 38.3 Å². The molecule has 1 aliphatic carbocycles. The molecule has 0 spiro atoms. The van der Waals surface area contributed by atoms with Crippen molar-refractivity contribution >= 4 is 23.4 Å². The van der Waals surface area contributed by atoms with Crippen molar-refractivity contribution in [3.63, 3.8) is 0 Å². The molecule has 0 heterocycles. The molecule has 0 aliphatic heterocycles. The van der Waals surface area contributed by atoms with E-state index in [9.17, 15) is 4.79 Å². The smallest absolute Gasteiger partial charge is 0.262 e. The number of fused-ring (bicyclic) bond motifs is 1. The average Bonchev–Trinajstić information content (AvgIpc) is 2.78. The van der Waals surface area contributed by atoms with Gasteiger partial charge in [0.2, 0.25) is 0 Å². The van der Waals surface area contributed by atoms with Crippen LogP contribution in [0.1, 0.15) is 29.5 Å². The number of nitrogens with one attached hydrogen (secondary N) is 1. The highest BCUT2D eigenvalue weighted by Crippen LogP contribution is 2.25. The van der Waals surface area contributed by atoms with Crippen molar-refractivity contribution in [2.75, 3.05) is 11.9 Å². The van der Waals surface area contributed by atoms with E-state index in [2.05, 4.69) is 41.7 Å². The molecule has 0 saturated heterocycles. The average molecular weight is 404 g/mol. The summed E-state index contributed by atoms with van der Waals surface area (Å²) in [4.78, 5) is 13.5. The van der Waals surface area contributed by atoms with E-state index in [1.165, 1.54) is 34.4 Å². The number of amides is 1. The molecule has 1 aliphatic rings. The maximum absolute atomic E-state index is 12.2. The lowest BCUT2D eigenvalue weighted by Crippen LogP contribution is -2.20. The van der Waals surface area contributed by atoms with Crippen molar-refractivity contribution in [1.82, 2.24) is 0 Å². The minimum absolute atomic E-state index is 0.0183. The van der Waals surface area contributed by atoms with Crippen LogP contribution in [0.5, 0.6) is 5.75 Å². The Bertz CT molecular complexity index is 954. The number of hydrogen-bond donors (Lipinski definition) is 1. The predicted octanol–water partition coefficient (Wildman–Crippen LogP) is 5.88. The van der Waals surface area contributed by atoms with E-state index in [0.29, 0.717) is 0 Å². The molecule has 3 nitrogen and oxygen atoms in total. The van der Waals surface area contributed by atoms with Crippen LogP contribution in [-0.4, -0.2) is 12.5 Å². The third-order valence-electron chi connectivity index (χ3n) is 5.08. The summed E-state index contributed by atoms with van der Waals surface area (Å²) in [7, 11) is 0. The molecule has 3 aromatic carbocycles. The molecule has 0 radical (unpaired) electrons. The van der Waals surface area contributed by atoms with Gasteiger partial charge in [-0.15, -0.1) is 11.8 Å². The van der Waals surface area contributed by atoms with E-state index >= 15 is 0 Å². The lowest BCUT2D eigenvalue weighted by Gasteiger charge is -2.16. The number of ether oxygens (including phenoxy) is 1. The number of anilines is 1. The van der Waals surface area contributed by atoms with Crippen LogP contribution in [0.25, 0.3) is 0 Å². The number of rotatable bonds is 7. The lowest BCUT2D eigenvalue weighted by molar-refractivity contribution is -0.118. The van der Waals surface area contributed by atoms with Crippen LogP contribution >= 0.6 is 11.8 Å². The van der Waals surface area contributed by atoms with Crippen molar-refractivity contribution in [1.29, 1.82) is 0 Å². The minimum atomic E-state index is -0.144. The highest BCUT2D eigenvalue weighted by molar-refractivity contribution is 7.98. The Balaban J connectivity index is 1.25. The molecule has 4 rings (SSSR count). The molecule has 4 heteroatoms. The van der Waals surface area contributed by atoms with E-state index in [-0.39, 0.29) is 12.5 Å². The molecule has 1 amide bonds. The molecule has 3 aromatic rings. The van der Waals surface area contributed by atoms with E-state index in [0.717, 1.165) is 30.0 Å². The number of thioether (sulfide) groups is 1. The molecule has 1 N–H and O–H groups in total. The van der Waals surface area contributed by atoms with Gasteiger partial charge >= 0.3 is 0 Å². The van der Waals surface area contributed by atoms with E-state index in [1.807, 2.05) is 36.4 Å². The van der Waals surface area contributed by atoms with Crippen LogP contribution in [0, 0.1) is 0 Å². The molecule has 0 atom stereocenters.